The van der Waals surface area contributed by atoms with E-state index in [9.17, 15) is 27.4 Å². The average Bonchev–Trinajstić information content (AvgIpc) is 2.69. The van der Waals surface area contributed by atoms with Crippen LogP contribution in [0.3, 0.4) is 0 Å². The number of hydrogen-bond donors (Lipinski definition) is 2. The van der Waals surface area contributed by atoms with Crippen LogP contribution < -0.4 is 40.4 Å². The van der Waals surface area contributed by atoms with Gasteiger partial charge >= 0.3 is 35.6 Å². The van der Waals surface area contributed by atoms with Crippen LogP contribution in [-0.4, -0.2) is 59.4 Å². The number of fused-ring (bicyclic) bond motifs is 2. The standard InChI is InChI=1S/C10H13N5O7S.Na/c11-4-3-8(16)12-13-9(17)7-2-1-6-5-14(7)10(18)15(6)22-23(19,20)21;/h6-7H,1-3,5H2,(H,12,16)(H,13,17)(H,19,20,21);/q;+1/p-1/t6-,7-;/m0./s1. The summed E-state index contributed by atoms with van der Waals surface area (Å²) in [7, 11) is -5.10. The number of piperidine rings is 1. The SMILES string of the molecule is N#CCC(=O)NNC(=O)[C@@H]1CC[C@H]2CN1C(=O)N2OS(=O)(=O)[O-].[Na+]. The number of nitrogens with one attached hydrogen (secondary N) is 2. The van der Waals surface area contributed by atoms with Crippen molar-refractivity contribution in [3.8, 4) is 6.07 Å². The minimum Gasteiger partial charge on any atom is -0.724 e. The number of rotatable bonds is 4. The van der Waals surface area contributed by atoms with Crippen LogP contribution in [0.4, 0.5) is 4.79 Å². The molecule has 2 bridgehead atoms. The van der Waals surface area contributed by atoms with E-state index in [1.165, 1.54) is 0 Å². The maximum atomic E-state index is 12.0. The van der Waals surface area contributed by atoms with Crippen LogP contribution >= 0.6 is 0 Å². The fourth-order valence-corrected chi connectivity index (χ4v) is 2.81. The quantitative estimate of drug-likeness (QED) is 0.214. The zero-order chi connectivity index (χ0) is 17.2. The maximum Gasteiger partial charge on any atom is 1.00 e. The molecule has 2 N–H and O–H groups in total. The second-order valence-corrected chi connectivity index (χ2v) is 5.83. The molecule has 0 aromatic rings. The van der Waals surface area contributed by atoms with Crippen molar-refractivity contribution in [1.29, 1.82) is 5.26 Å². The van der Waals surface area contributed by atoms with Gasteiger partial charge in [-0.3, -0.25) is 20.4 Å². The Balaban J connectivity index is 0.00000288. The van der Waals surface area contributed by atoms with Gasteiger partial charge in [0, 0.05) is 6.54 Å². The summed E-state index contributed by atoms with van der Waals surface area (Å²) in [6.07, 6.45) is -0.0181. The molecule has 0 spiro atoms. The third kappa shape index (κ3) is 4.79. The van der Waals surface area contributed by atoms with Crippen molar-refractivity contribution in [1.82, 2.24) is 20.8 Å². The van der Waals surface area contributed by atoms with Crippen molar-refractivity contribution in [2.45, 2.75) is 31.3 Å². The predicted octanol–water partition coefficient (Wildman–Crippen LogP) is -5.29. The molecule has 0 aliphatic carbocycles. The smallest absolute Gasteiger partial charge is 0.724 e. The molecule has 2 fully saturated rings. The van der Waals surface area contributed by atoms with Gasteiger partial charge in [-0.15, -0.1) is 0 Å². The minimum absolute atomic E-state index is 0. The summed E-state index contributed by atoms with van der Waals surface area (Å²) in [5.74, 6) is -1.42. The van der Waals surface area contributed by atoms with E-state index < -0.39 is 46.7 Å². The first-order chi connectivity index (χ1) is 10.7. The van der Waals surface area contributed by atoms with Crippen LogP contribution in [0, 0.1) is 11.3 Å². The number of nitriles is 1. The molecule has 0 unspecified atom stereocenters. The van der Waals surface area contributed by atoms with Crippen LogP contribution in [0.2, 0.25) is 0 Å². The monoisotopic (exact) mass is 369 g/mol. The van der Waals surface area contributed by atoms with Crippen LogP contribution in [0.25, 0.3) is 0 Å². The van der Waals surface area contributed by atoms with E-state index in [2.05, 4.69) is 9.71 Å². The maximum absolute atomic E-state index is 12.0. The summed E-state index contributed by atoms with van der Waals surface area (Å²) in [5.41, 5.74) is 4.09. The van der Waals surface area contributed by atoms with Crippen LogP contribution in [0.15, 0.2) is 0 Å². The molecule has 2 saturated heterocycles. The van der Waals surface area contributed by atoms with Gasteiger partial charge in [0.25, 0.3) is 11.8 Å². The van der Waals surface area contributed by atoms with E-state index in [4.69, 9.17) is 5.26 Å². The molecule has 4 amide bonds. The molecule has 12 nitrogen and oxygen atoms in total. The van der Waals surface area contributed by atoms with E-state index in [1.54, 1.807) is 6.07 Å². The van der Waals surface area contributed by atoms with Gasteiger partial charge in [-0.1, -0.05) is 0 Å². The molecule has 0 aromatic carbocycles. The van der Waals surface area contributed by atoms with Crippen LogP contribution in [0.5, 0.6) is 0 Å². The Morgan fingerprint density at radius 3 is 2.62 bits per heavy atom. The second kappa shape index (κ2) is 8.10. The zero-order valence-corrected chi connectivity index (χ0v) is 15.4. The Labute approximate surface area is 159 Å². The van der Waals surface area contributed by atoms with Crippen molar-refractivity contribution >= 4 is 28.2 Å². The Morgan fingerprint density at radius 1 is 1.38 bits per heavy atom. The Bertz CT molecular complexity index is 678. The van der Waals surface area contributed by atoms with E-state index in [-0.39, 0.29) is 48.9 Å². The van der Waals surface area contributed by atoms with Crippen molar-refractivity contribution < 1.29 is 61.2 Å². The molecule has 0 aromatic heterocycles. The second-order valence-electron chi connectivity index (χ2n) is 4.86. The van der Waals surface area contributed by atoms with Gasteiger partial charge in [-0.25, -0.2) is 13.2 Å². The number of amides is 4. The first-order valence-electron chi connectivity index (χ1n) is 6.44. The first kappa shape index (κ1) is 20.6. The third-order valence-electron chi connectivity index (χ3n) is 3.36. The number of hydrogen-bond acceptors (Lipinski definition) is 8. The van der Waals surface area contributed by atoms with E-state index in [0.717, 1.165) is 4.90 Å². The normalized spacial score (nSPS) is 22.4. The molecular weight excluding hydrogens is 357 g/mol. The van der Waals surface area contributed by atoms with Gasteiger partial charge in [0.2, 0.25) is 10.4 Å². The summed E-state index contributed by atoms with van der Waals surface area (Å²) in [6, 6.07) is -0.931. The number of nitrogens with zero attached hydrogens (tertiary/aromatic N) is 3. The average molecular weight is 369 g/mol. The molecule has 2 aliphatic rings. The molecule has 14 heteroatoms. The van der Waals surface area contributed by atoms with Crippen molar-refractivity contribution in [3.05, 3.63) is 0 Å². The Kier molecular flexibility index (Phi) is 6.96. The molecule has 0 saturated carbocycles. The predicted molar refractivity (Wildman–Crippen MR) is 68.0 cm³/mol. The third-order valence-corrected chi connectivity index (χ3v) is 3.71. The molecule has 24 heavy (non-hydrogen) atoms. The van der Waals surface area contributed by atoms with Crippen molar-refractivity contribution in [2.75, 3.05) is 6.54 Å². The number of urea groups is 1. The van der Waals surface area contributed by atoms with Crippen LogP contribution in [-0.2, 0) is 24.3 Å². The summed E-state index contributed by atoms with van der Waals surface area (Å²) in [5, 5.41) is 8.77. The fourth-order valence-electron chi connectivity index (χ4n) is 2.43. The van der Waals surface area contributed by atoms with Gasteiger partial charge in [0.15, 0.2) is 0 Å². The largest absolute Gasteiger partial charge is 1.00 e. The molecule has 2 aliphatic heterocycles. The van der Waals surface area contributed by atoms with E-state index >= 15 is 0 Å². The Morgan fingerprint density at radius 2 is 2.04 bits per heavy atom. The van der Waals surface area contributed by atoms with Crippen molar-refractivity contribution in [3.63, 3.8) is 0 Å². The zero-order valence-electron chi connectivity index (χ0n) is 12.6. The van der Waals surface area contributed by atoms with Gasteiger partial charge in [-0.2, -0.15) is 14.6 Å². The van der Waals surface area contributed by atoms with E-state index in [0.29, 0.717) is 5.06 Å². The minimum atomic E-state index is -5.10. The van der Waals surface area contributed by atoms with Gasteiger partial charge in [0.1, 0.15) is 12.5 Å². The number of carbonyl (C=O) groups excluding carboxylic acids is 3. The van der Waals surface area contributed by atoms with Gasteiger partial charge in [-0.05, 0) is 12.8 Å². The number of hydroxylamine groups is 2. The van der Waals surface area contributed by atoms with Crippen molar-refractivity contribution in [2.24, 2.45) is 0 Å². The Hall–Kier alpha value is -1.43. The summed E-state index contributed by atoms with van der Waals surface area (Å²) in [4.78, 5) is 36.2. The van der Waals surface area contributed by atoms with Gasteiger partial charge < -0.3 is 9.45 Å². The summed E-state index contributed by atoms with van der Waals surface area (Å²) < 4.78 is 36.0. The fraction of sp³-hybridized carbons (Fsp3) is 0.600. The number of hydrazine groups is 1. The molecule has 126 valence electrons. The molecular formula is C10H12N5NaO7S. The summed E-state index contributed by atoms with van der Waals surface area (Å²) in [6.45, 7) is 0.0125. The van der Waals surface area contributed by atoms with Gasteiger partial charge in [0.05, 0.1) is 12.1 Å². The molecule has 2 heterocycles. The van der Waals surface area contributed by atoms with E-state index in [1.807, 2.05) is 5.43 Å². The molecule has 2 rings (SSSR count). The molecule has 2 atom stereocenters. The molecule has 0 radical (unpaired) electrons. The first-order valence-corrected chi connectivity index (χ1v) is 7.77. The number of carbonyl (C=O) groups is 3. The summed E-state index contributed by atoms with van der Waals surface area (Å²) >= 11 is 0. The van der Waals surface area contributed by atoms with Crippen LogP contribution in [0.1, 0.15) is 19.3 Å². The topological polar surface area (TPSA) is 172 Å².